The summed E-state index contributed by atoms with van der Waals surface area (Å²) in [6, 6.07) is 13.6. The van der Waals surface area contributed by atoms with Crippen molar-refractivity contribution >= 4 is 22.6 Å². The second-order valence-corrected chi connectivity index (χ2v) is 6.31. The maximum atomic E-state index is 12.3. The van der Waals surface area contributed by atoms with Crippen LogP contribution in [0, 0.1) is 0 Å². The summed E-state index contributed by atoms with van der Waals surface area (Å²) in [6.07, 6.45) is 1.35. The predicted molar refractivity (Wildman–Crippen MR) is 97.5 cm³/mol. The highest BCUT2D eigenvalue weighted by atomic mass is 16.5. The summed E-state index contributed by atoms with van der Waals surface area (Å²) in [7, 11) is 0. The topological polar surface area (TPSA) is 58.6 Å². The van der Waals surface area contributed by atoms with Gasteiger partial charge < -0.3 is 15.0 Å². The molecule has 0 bridgehead atoms. The fourth-order valence-electron chi connectivity index (χ4n) is 3.07. The minimum absolute atomic E-state index is 0.0700. The van der Waals surface area contributed by atoms with E-state index in [2.05, 4.69) is 12.2 Å². The third-order valence-electron chi connectivity index (χ3n) is 4.58. The number of nitrogens with zero attached hydrogens (tertiary/aromatic N) is 1. The van der Waals surface area contributed by atoms with Gasteiger partial charge in [0.15, 0.2) is 0 Å². The van der Waals surface area contributed by atoms with E-state index in [0.29, 0.717) is 38.2 Å². The Morgan fingerprint density at radius 1 is 1.20 bits per heavy atom. The van der Waals surface area contributed by atoms with Crippen molar-refractivity contribution in [1.82, 2.24) is 10.2 Å². The van der Waals surface area contributed by atoms with Gasteiger partial charge in [0.2, 0.25) is 5.91 Å². The first-order valence-electron chi connectivity index (χ1n) is 8.83. The molecule has 1 aliphatic heterocycles. The highest BCUT2D eigenvalue weighted by Gasteiger charge is 2.22. The Labute approximate surface area is 148 Å². The lowest BCUT2D eigenvalue weighted by Gasteiger charge is -2.32. The van der Waals surface area contributed by atoms with E-state index >= 15 is 0 Å². The van der Waals surface area contributed by atoms with Crippen LogP contribution in [0.3, 0.4) is 0 Å². The highest BCUT2D eigenvalue weighted by Crippen LogP contribution is 2.15. The Balaban J connectivity index is 1.50. The van der Waals surface area contributed by atoms with Crippen molar-refractivity contribution in [2.45, 2.75) is 25.9 Å². The van der Waals surface area contributed by atoms with Crippen LogP contribution in [0.4, 0.5) is 0 Å². The van der Waals surface area contributed by atoms with Crippen LogP contribution in [-0.4, -0.2) is 49.1 Å². The fourth-order valence-corrected chi connectivity index (χ4v) is 3.07. The molecule has 25 heavy (non-hydrogen) atoms. The molecule has 1 N–H and O–H groups in total. The van der Waals surface area contributed by atoms with Gasteiger partial charge in [-0.3, -0.25) is 9.59 Å². The van der Waals surface area contributed by atoms with E-state index in [1.807, 2.05) is 47.4 Å². The van der Waals surface area contributed by atoms with Crippen molar-refractivity contribution in [2.24, 2.45) is 0 Å². The number of rotatable bonds is 5. The molecule has 2 aromatic rings. The number of amides is 2. The fraction of sp³-hybridized carbons (Fsp3) is 0.400. The van der Waals surface area contributed by atoms with E-state index in [9.17, 15) is 9.59 Å². The first-order chi connectivity index (χ1) is 12.2. The maximum absolute atomic E-state index is 12.3. The molecule has 1 saturated heterocycles. The smallest absolute Gasteiger partial charge is 0.251 e. The Morgan fingerprint density at radius 3 is 2.80 bits per heavy atom. The van der Waals surface area contributed by atoms with E-state index < -0.39 is 0 Å². The van der Waals surface area contributed by atoms with Gasteiger partial charge in [-0.15, -0.1) is 0 Å². The summed E-state index contributed by atoms with van der Waals surface area (Å²) in [5.41, 5.74) is 0.614. The number of ether oxygens (including phenoxy) is 1. The van der Waals surface area contributed by atoms with Crippen LogP contribution in [0.1, 0.15) is 30.1 Å². The minimum atomic E-state index is -0.146. The number of nitrogens with one attached hydrogen (secondary N) is 1. The molecule has 0 saturated carbocycles. The molecule has 132 valence electrons. The summed E-state index contributed by atoms with van der Waals surface area (Å²) in [6.45, 7) is 4.27. The van der Waals surface area contributed by atoms with Crippen LogP contribution < -0.4 is 5.32 Å². The Kier molecular flexibility index (Phi) is 5.66. The SMILES string of the molecule is CCC1CN(C(=O)CCNC(=O)c2ccc3ccccc3c2)CCO1. The summed E-state index contributed by atoms with van der Waals surface area (Å²) in [5, 5.41) is 4.98. The quantitative estimate of drug-likeness (QED) is 0.910. The van der Waals surface area contributed by atoms with Crippen LogP contribution in [0.5, 0.6) is 0 Å². The predicted octanol–water partition coefficient (Wildman–Crippen LogP) is 2.60. The second-order valence-electron chi connectivity index (χ2n) is 6.31. The van der Waals surface area contributed by atoms with Crippen molar-refractivity contribution in [2.75, 3.05) is 26.2 Å². The van der Waals surface area contributed by atoms with Crippen LogP contribution in [0.25, 0.3) is 10.8 Å². The number of benzene rings is 2. The minimum Gasteiger partial charge on any atom is -0.375 e. The molecule has 5 nitrogen and oxygen atoms in total. The lowest BCUT2D eigenvalue weighted by Crippen LogP contribution is -2.46. The number of hydrogen-bond donors (Lipinski definition) is 1. The molecular formula is C20H24N2O3. The lowest BCUT2D eigenvalue weighted by molar-refractivity contribution is -0.138. The third kappa shape index (κ3) is 4.37. The Bertz CT molecular complexity index is 759. The average molecular weight is 340 g/mol. The second kappa shape index (κ2) is 8.12. The number of carbonyl (C=O) groups excluding carboxylic acids is 2. The molecule has 3 rings (SSSR count). The van der Waals surface area contributed by atoms with Crippen LogP contribution in [-0.2, 0) is 9.53 Å². The van der Waals surface area contributed by atoms with E-state index in [-0.39, 0.29) is 17.9 Å². The standard InChI is InChI=1S/C20H24N2O3/c1-2-18-14-22(11-12-25-18)19(23)9-10-21-20(24)17-8-7-15-5-3-4-6-16(15)13-17/h3-8,13,18H,2,9-12,14H2,1H3,(H,21,24). The molecular weight excluding hydrogens is 316 g/mol. The summed E-state index contributed by atoms with van der Waals surface area (Å²) in [5.74, 6) is -0.0764. The molecule has 0 radical (unpaired) electrons. The average Bonchev–Trinajstić information content (AvgIpc) is 2.67. The molecule has 5 heteroatoms. The molecule has 0 aromatic heterocycles. The number of carbonyl (C=O) groups is 2. The normalized spacial score (nSPS) is 17.5. The number of hydrogen-bond acceptors (Lipinski definition) is 3. The van der Waals surface area contributed by atoms with Crippen LogP contribution >= 0.6 is 0 Å². The first-order valence-corrected chi connectivity index (χ1v) is 8.83. The zero-order valence-corrected chi connectivity index (χ0v) is 14.5. The van der Waals surface area contributed by atoms with Crippen molar-refractivity contribution in [3.63, 3.8) is 0 Å². The number of morpholine rings is 1. The molecule has 1 unspecified atom stereocenters. The van der Waals surface area contributed by atoms with E-state index in [1.165, 1.54) is 0 Å². The maximum Gasteiger partial charge on any atom is 0.251 e. The van der Waals surface area contributed by atoms with Crippen LogP contribution in [0.15, 0.2) is 42.5 Å². The summed E-state index contributed by atoms with van der Waals surface area (Å²) >= 11 is 0. The molecule has 2 amide bonds. The van der Waals surface area contributed by atoms with Crippen molar-refractivity contribution in [1.29, 1.82) is 0 Å². The molecule has 1 fully saturated rings. The molecule has 1 aliphatic rings. The van der Waals surface area contributed by atoms with Crippen molar-refractivity contribution in [3.8, 4) is 0 Å². The van der Waals surface area contributed by atoms with Gasteiger partial charge in [0, 0.05) is 31.6 Å². The largest absolute Gasteiger partial charge is 0.375 e. The van der Waals surface area contributed by atoms with E-state index in [4.69, 9.17) is 4.74 Å². The third-order valence-corrected chi connectivity index (χ3v) is 4.58. The van der Waals surface area contributed by atoms with Gasteiger partial charge in [-0.2, -0.15) is 0 Å². The summed E-state index contributed by atoms with van der Waals surface area (Å²) < 4.78 is 5.58. The Hall–Kier alpha value is -2.40. The molecule has 1 atom stereocenters. The van der Waals surface area contributed by atoms with Gasteiger partial charge in [-0.1, -0.05) is 37.3 Å². The van der Waals surface area contributed by atoms with Crippen molar-refractivity contribution in [3.05, 3.63) is 48.0 Å². The van der Waals surface area contributed by atoms with E-state index in [1.54, 1.807) is 0 Å². The first kappa shape index (κ1) is 17.4. The van der Waals surface area contributed by atoms with E-state index in [0.717, 1.165) is 17.2 Å². The molecule has 0 spiro atoms. The number of fused-ring (bicyclic) bond motifs is 1. The van der Waals surface area contributed by atoms with Gasteiger partial charge in [0.25, 0.3) is 5.91 Å². The van der Waals surface area contributed by atoms with Gasteiger partial charge in [-0.05, 0) is 29.3 Å². The zero-order valence-electron chi connectivity index (χ0n) is 14.5. The lowest BCUT2D eigenvalue weighted by atomic mass is 10.1. The molecule has 2 aromatic carbocycles. The Morgan fingerprint density at radius 2 is 2.00 bits per heavy atom. The highest BCUT2D eigenvalue weighted by molar-refractivity contribution is 5.98. The zero-order chi connectivity index (χ0) is 17.6. The van der Waals surface area contributed by atoms with Gasteiger partial charge in [0.05, 0.1) is 12.7 Å². The van der Waals surface area contributed by atoms with Gasteiger partial charge in [0.1, 0.15) is 0 Å². The summed E-state index contributed by atoms with van der Waals surface area (Å²) in [4.78, 5) is 26.4. The molecule has 1 heterocycles. The molecule has 0 aliphatic carbocycles. The monoisotopic (exact) mass is 340 g/mol. The van der Waals surface area contributed by atoms with Gasteiger partial charge >= 0.3 is 0 Å². The van der Waals surface area contributed by atoms with Crippen molar-refractivity contribution < 1.29 is 14.3 Å². The van der Waals surface area contributed by atoms with Crippen LogP contribution in [0.2, 0.25) is 0 Å². The van der Waals surface area contributed by atoms with Gasteiger partial charge in [-0.25, -0.2) is 0 Å².